The Bertz CT molecular complexity index is 858. The average Bonchev–Trinajstić information content (AvgIpc) is 2.61. The number of nitrogens with two attached hydrogens (primary N) is 1. The molecule has 3 N–H and O–H groups in total. The smallest absolute Gasteiger partial charge is 0.264 e. The summed E-state index contributed by atoms with van der Waals surface area (Å²) in [5, 5.41) is 2.69. The van der Waals surface area contributed by atoms with Gasteiger partial charge in [-0.3, -0.25) is 9.10 Å². The van der Waals surface area contributed by atoms with Gasteiger partial charge >= 0.3 is 0 Å². The molecule has 0 bridgehead atoms. The van der Waals surface area contributed by atoms with Gasteiger partial charge in [-0.1, -0.05) is 38.1 Å². The van der Waals surface area contributed by atoms with Gasteiger partial charge in [0.25, 0.3) is 10.0 Å². The zero-order valence-corrected chi connectivity index (χ0v) is 17.3. The van der Waals surface area contributed by atoms with Crippen LogP contribution in [0.15, 0.2) is 59.5 Å². The highest BCUT2D eigenvalue weighted by Crippen LogP contribution is 2.23. The molecule has 0 aliphatic carbocycles. The van der Waals surface area contributed by atoms with Crippen molar-refractivity contribution >= 4 is 39.7 Å². The van der Waals surface area contributed by atoms with Gasteiger partial charge in [0.1, 0.15) is 0 Å². The van der Waals surface area contributed by atoms with Gasteiger partial charge in [-0.15, -0.1) is 12.4 Å². The van der Waals surface area contributed by atoms with Crippen LogP contribution < -0.4 is 15.4 Å². The van der Waals surface area contributed by atoms with E-state index >= 15 is 0 Å². The Hall–Kier alpha value is -2.09. The second-order valence-corrected chi connectivity index (χ2v) is 8.53. The molecular formula is C19H26ClN3O3S. The highest BCUT2D eigenvalue weighted by atomic mass is 35.5. The maximum absolute atomic E-state index is 12.8. The Balaban J connectivity index is 0.00000364. The largest absolute Gasteiger partial charge is 0.325 e. The summed E-state index contributed by atoms with van der Waals surface area (Å²) in [4.78, 5) is 12.3. The van der Waals surface area contributed by atoms with Crippen LogP contribution in [0.25, 0.3) is 0 Å². The number of benzene rings is 2. The standard InChI is InChI=1S/C19H25N3O3S.ClH/c1-14(2)12-18(20)19(23)21-15-8-7-11-17(13-15)26(24,25)22(3)16-9-5-4-6-10-16;/h4-11,13-14,18H,12,20H2,1-3H3,(H,21,23);1H/t18-;/m0./s1. The zero-order valence-electron chi connectivity index (χ0n) is 15.6. The topological polar surface area (TPSA) is 92.5 Å². The minimum Gasteiger partial charge on any atom is -0.325 e. The van der Waals surface area contributed by atoms with E-state index < -0.39 is 16.1 Å². The second-order valence-electron chi connectivity index (χ2n) is 6.56. The van der Waals surface area contributed by atoms with E-state index in [2.05, 4.69) is 5.32 Å². The highest BCUT2D eigenvalue weighted by Gasteiger charge is 2.22. The summed E-state index contributed by atoms with van der Waals surface area (Å²) < 4.78 is 26.9. The minimum atomic E-state index is -3.74. The molecule has 0 spiro atoms. The predicted molar refractivity (Wildman–Crippen MR) is 112 cm³/mol. The molecule has 0 aromatic heterocycles. The summed E-state index contributed by atoms with van der Waals surface area (Å²) in [6.45, 7) is 3.97. The third kappa shape index (κ3) is 5.95. The summed E-state index contributed by atoms with van der Waals surface area (Å²) in [5.74, 6) is -0.0355. The van der Waals surface area contributed by atoms with Gasteiger partial charge in [-0.2, -0.15) is 0 Å². The number of carbonyl (C=O) groups is 1. The van der Waals surface area contributed by atoms with Crippen LogP contribution in [0.4, 0.5) is 11.4 Å². The monoisotopic (exact) mass is 411 g/mol. The Kier molecular flexibility index (Phi) is 8.27. The molecule has 1 amide bonds. The molecule has 6 nitrogen and oxygen atoms in total. The van der Waals surface area contributed by atoms with Crippen molar-refractivity contribution in [2.45, 2.75) is 31.2 Å². The first kappa shape index (κ1) is 23.0. The van der Waals surface area contributed by atoms with Crippen molar-refractivity contribution in [2.75, 3.05) is 16.7 Å². The summed E-state index contributed by atoms with van der Waals surface area (Å²) >= 11 is 0. The lowest BCUT2D eigenvalue weighted by Crippen LogP contribution is -2.36. The number of carbonyl (C=O) groups excluding carboxylic acids is 1. The molecule has 0 saturated heterocycles. The first-order chi connectivity index (χ1) is 12.2. The van der Waals surface area contributed by atoms with E-state index in [4.69, 9.17) is 5.73 Å². The van der Waals surface area contributed by atoms with Crippen LogP contribution in [0.2, 0.25) is 0 Å². The number of amides is 1. The van der Waals surface area contributed by atoms with E-state index in [0.29, 0.717) is 23.7 Å². The number of para-hydroxylation sites is 1. The third-order valence-corrected chi connectivity index (χ3v) is 5.72. The van der Waals surface area contributed by atoms with Crippen molar-refractivity contribution in [3.05, 3.63) is 54.6 Å². The van der Waals surface area contributed by atoms with Crippen molar-refractivity contribution in [1.82, 2.24) is 0 Å². The molecule has 0 saturated carbocycles. The molecule has 2 aromatic carbocycles. The minimum absolute atomic E-state index is 0. The summed E-state index contributed by atoms with van der Waals surface area (Å²) in [7, 11) is -2.24. The van der Waals surface area contributed by atoms with Crippen molar-refractivity contribution in [2.24, 2.45) is 11.7 Å². The van der Waals surface area contributed by atoms with Crippen LogP contribution in [-0.4, -0.2) is 27.4 Å². The maximum atomic E-state index is 12.8. The number of rotatable bonds is 7. The summed E-state index contributed by atoms with van der Waals surface area (Å²) in [5.41, 5.74) is 6.83. The first-order valence-electron chi connectivity index (χ1n) is 8.42. The highest BCUT2D eigenvalue weighted by molar-refractivity contribution is 7.92. The van der Waals surface area contributed by atoms with Crippen LogP contribution in [0, 0.1) is 5.92 Å². The molecule has 0 aliphatic rings. The lowest BCUT2D eigenvalue weighted by molar-refractivity contribution is -0.117. The van der Waals surface area contributed by atoms with E-state index in [-0.39, 0.29) is 23.2 Å². The van der Waals surface area contributed by atoms with Gasteiger partial charge in [0, 0.05) is 12.7 Å². The molecule has 0 radical (unpaired) electrons. The van der Waals surface area contributed by atoms with E-state index in [9.17, 15) is 13.2 Å². The van der Waals surface area contributed by atoms with E-state index in [1.54, 1.807) is 36.4 Å². The Morgan fingerprint density at radius 1 is 1.11 bits per heavy atom. The molecule has 1 atom stereocenters. The molecule has 0 unspecified atom stereocenters. The zero-order chi connectivity index (χ0) is 19.3. The molecule has 148 valence electrons. The van der Waals surface area contributed by atoms with Gasteiger partial charge < -0.3 is 11.1 Å². The Morgan fingerprint density at radius 3 is 2.33 bits per heavy atom. The quantitative estimate of drug-likeness (QED) is 0.731. The number of anilines is 2. The van der Waals surface area contributed by atoms with Crippen molar-refractivity contribution in [3.63, 3.8) is 0 Å². The molecule has 27 heavy (non-hydrogen) atoms. The summed E-state index contributed by atoms with van der Waals surface area (Å²) in [6.07, 6.45) is 0.556. The van der Waals surface area contributed by atoms with Gasteiger partial charge in [0.15, 0.2) is 0 Å². The van der Waals surface area contributed by atoms with Crippen molar-refractivity contribution in [3.8, 4) is 0 Å². The van der Waals surface area contributed by atoms with Crippen LogP contribution in [-0.2, 0) is 14.8 Å². The first-order valence-corrected chi connectivity index (χ1v) is 9.86. The lowest BCUT2D eigenvalue weighted by atomic mass is 10.0. The van der Waals surface area contributed by atoms with Crippen LogP contribution in [0.1, 0.15) is 20.3 Å². The molecule has 0 aliphatic heterocycles. The molecular weight excluding hydrogens is 386 g/mol. The number of nitrogens with one attached hydrogen (secondary N) is 1. The van der Waals surface area contributed by atoms with E-state index in [1.165, 1.54) is 23.5 Å². The SMILES string of the molecule is CC(C)C[C@H](N)C(=O)Nc1cccc(S(=O)(=O)N(C)c2ccccc2)c1.Cl. The van der Waals surface area contributed by atoms with Crippen LogP contribution in [0.3, 0.4) is 0 Å². The van der Waals surface area contributed by atoms with Crippen LogP contribution >= 0.6 is 12.4 Å². The molecule has 0 heterocycles. The van der Waals surface area contributed by atoms with Gasteiger partial charge in [0.05, 0.1) is 16.6 Å². The van der Waals surface area contributed by atoms with Gasteiger partial charge in [-0.05, 0) is 42.7 Å². The third-order valence-electron chi connectivity index (χ3n) is 3.94. The number of hydrogen-bond donors (Lipinski definition) is 2. The normalized spacial score (nSPS) is 12.2. The van der Waals surface area contributed by atoms with E-state index in [1.807, 2.05) is 19.9 Å². The maximum Gasteiger partial charge on any atom is 0.264 e. The second kappa shape index (κ2) is 9.73. The van der Waals surface area contributed by atoms with Crippen molar-refractivity contribution in [1.29, 1.82) is 0 Å². The van der Waals surface area contributed by atoms with Gasteiger partial charge in [0.2, 0.25) is 5.91 Å². The fourth-order valence-corrected chi connectivity index (χ4v) is 3.76. The van der Waals surface area contributed by atoms with Crippen molar-refractivity contribution < 1.29 is 13.2 Å². The predicted octanol–water partition coefficient (Wildman–Crippen LogP) is 3.25. The number of nitrogens with zero attached hydrogens (tertiary/aromatic N) is 1. The molecule has 8 heteroatoms. The number of halogens is 1. The molecule has 0 fully saturated rings. The molecule has 2 aromatic rings. The number of sulfonamides is 1. The summed E-state index contributed by atoms with van der Waals surface area (Å²) in [6, 6.07) is 14.3. The average molecular weight is 412 g/mol. The fraction of sp³-hybridized carbons (Fsp3) is 0.316. The Labute approximate surface area is 167 Å². The van der Waals surface area contributed by atoms with Crippen LogP contribution in [0.5, 0.6) is 0 Å². The Morgan fingerprint density at radius 2 is 1.74 bits per heavy atom. The number of hydrogen-bond acceptors (Lipinski definition) is 4. The lowest BCUT2D eigenvalue weighted by Gasteiger charge is -2.20. The van der Waals surface area contributed by atoms with E-state index in [0.717, 1.165) is 0 Å². The molecule has 2 rings (SSSR count). The fourth-order valence-electron chi connectivity index (χ4n) is 2.52. The van der Waals surface area contributed by atoms with Gasteiger partial charge in [-0.25, -0.2) is 8.42 Å².